The molecule has 0 atom stereocenters. The third-order valence-corrected chi connectivity index (χ3v) is 4.01. The number of hydrogen-bond donors (Lipinski definition) is 0. The first-order chi connectivity index (χ1) is 10.6. The molecule has 2 heterocycles. The molecule has 0 spiro atoms. The monoisotopic (exact) mass is 297 g/mol. The van der Waals surface area contributed by atoms with Crippen LogP contribution in [0.15, 0.2) is 47.4 Å². The van der Waals surface area contributed by atoms with E-state index in [4.69, 9.17) is 0 Å². The van der Waals surface area contributed by atoms with E-state index >= 15 is 0 Å². The number of aryl methyl sites for hydroxylation is 1. The highest BCUT2D eigenvalue weighted by Crippen LogP contribution is 2.25. The first-order valence-electron chi connectivity index (χ1n) is 7.31. The van der Waals surface area contributed by atoms with E-state index < -0.39 is 0 Å². The summed E-state index contributed by atoms with van der Waals surface area (Å²) in [7, 11) is 3.71. The fourth-order valence-electron chi connectivity index (χ4n) is 2.76. The van der Waals surface area contributed by atoms with Crippen LogP contribution in [0.25, 0.3) is 0 Å². The Labute approximate surface area is 129 Å². The van der Waals surface area contributed by atoms with Gasteiger partial charge >= 0.3 is 0 Å². The minimum Gasteiger partial charge on any atom is -0.318 e. The summed E-state index contributed by atoms with van der Waals surface area (Å²) in [5, 5.41) is 0. The zero-order valence-electron chi connectivity index (χ0n) is 12.8. The molecule has 0 bridgehead atoms. The number of likely N-dealkylation sites (N-methyl/N-ethyl adjacent to an activating group) is 1. The van der Waals surface area contributed by atoms with E-state index in [1.807, 2.05) is 18.2 Å². The maximum absolute atomic E-state index is 12.9. The van der Waals surface area contributed by atoms with E-state index in [1.54, 1.807) is 24.2 Å². The molecule has 114 valence electrons. The summed E-state index contributed by atoms with van der Waals surface area (Å²) in [4.78, 5) is 28.4. The number of amides is 1. The lowest BCUT2D eigenvalue weighted by molar-refractivity contribution is 0.0985. The third kappa shape index (κ3) is 2.67. The molecule has 0 aliphatic carbocycles. The Bertz CT molecular complexity index is 766. The van der Waals surface area contributed by atoms with Crippen molar-refractivity contribution < 1.29 is 4.79 Å². The fourth-order valence-corrected chi connectivity index (χ4v) is 2.76. The molecular weight excluding hydrogens is 278 g/mol. The van der Waals surface area contributed by atoms with Crippen LogP contribution in [-0.2, 0) is 13.6 Å². The van der Waals surface area contributed by atoms with Crippen LogP contribution in [0.2, 0.25) is 0 Å². The Morgan fingerprint density at radius 3 is 2.59 bits per heavy atom. The molecule has 0 radical (unpaired) electrons. The summed E-state index contributed by atoms with van der Waals surface area (Å²) in [5.41, 5.74) is 2.50. The van der Waals surface area contributed by atoms with Gasteiger partial charge in [-0.1, -0.05) is 18.2 Å². The fraction of sp³-hybridized carbons (Fsp3) is 0.294. The quantitative estimate of drug-likeness (QED) is 0.801. The molecule has 2 aromatic rings. The minimum atomic E-state index is -0.118. The van der Waals surface area contributed by atoms with Gasteiger partial charge in [-0.3, -0.25) is 9.59 Å². The third-order valence-electron chi connectivity index (χ3n) is 4.01. The molecule has 1 amide bonds. The number of carbonyl (C=O) groups excluding carboxylic acids is 1. The number of fused-ring (bicyclic) bond motifs is 1. The predicted molar refractivity (Wildman–Crippen MR) is 86.1 cm³/mol. The Hall–Kier alpha value is -2.40. The van der Waals surface area contributed by atoms with Crippen molar-refractivity contribution >= 4 is 11.6 Å². The number of anilines is 1. The SMILES string of the molecule is CN1CCN(C(=O)c2ccc(=O)n(C)c2)c2ccccc2C1. The van der Waals surface area contributed by atoms with E-state index in [2.05, 4.69) is 18.0 Å². The average Bonchev–Trinajstić information content (AvgIpc) is 2.67. The van der Waals surface area contributed by atoms with Gasteiger partial charge in [-0.05, 0) is 24.7 Å². The van der Waals surface area contributed by atoms with Gasteiger partial charge in [0.15, 0.2) is 0 Å². The van der Waals surface area contributed by atoms with E-state index in [1.165, 1.54) is 10.6 Å². The van der Waals surface area contributed by atoms with Crippen LogP contribution >= 0.6 is 0 Å². The largest absolute Gasteiger partial charge is 0.318 e. The summed E-state index contributed by atoms with van der Waals surface area (Å²) in [5.74, 6) is -0.0710. The highest BCUT2D eigenvalue weighted by atomic mass is 16.2. The molecule has 22 heavy (non-hydrogen) atoms. The number of aromatic nitrogens is 1. The molecule has 3 rings (SSSR count). The maximum Gasteiger partial charge on any atom is 0.259 e. The summed E-state index contributed by atoms with van der Waals surface area (Å²) in [6.07, 6.45) is 1.60. The normalized spacial score (nSPS) is 15.3. The van der Waals surface area contributed by atoms with Crippen LogP contribution in [0.1, 0.15) is 15.9 Å². The van der Waals surface area contributed by atoms with Crippen LogP contribution in [0.4, 0.5) is 5.69 Å². The van der Waals surface area contributed by atoms with Crippen LogP contribution in [-0.4, -0.2) is 35.5 Å². The van der Waals surface area contributed by atoms with Gasteiger partial charge in [-0.15, -0.1) is 0 Å². The van der Waals surface area contributed by atoms with E-state index in [0.29, 0.717) is 12.1 Å². The van der Waals surface area contributed by atoms with E-state index in [9.17, 15) is 9.59 Å². The van der Waals surface area contributed by atoms with E-state index in [-0.39, 0.29) is 11.5 Å². The highest BCUT2D eigenvalue weighted by molar-refractivity contribution is 6.06. The second-order valence-electron chi connectivity index (χ2n) is 5.69. The summed E-state index contributed by atoms with van der Waals surface area (Å²) in [6.45, 7) is 2.27. The molecule has 1 aromatic heterocycles. The molecule has 0 fully saturated rings. The molecule has 0 unspecified atom stereocenters. The van der Waals surface area contributed by atoms with Crippen molar-refractivity contribution in [3.63, 3.8) is 0 Å². The van der Waals surface area contributed by atoms with E-state index in [0.717, 1.165) is 24.3 Å². The highest BCUT2D eigenvalue weighted by Gasteiger charge is 2.23. The lowest BCUT2D eigenvalue weighted by Crippen LogP contribution is -2.35. The van der Waals surface area contributed by atoms with Crippen LogP contribution < -0.4 is 10.5 Å². The number of carbonyl (C=O) groups is 1. The van der Waals surface area contributed by atoms with Crippen molar-refractivity contribution in [3.05, 3.63) is 64.1 Å². The van der Waals surface area contributed by atoms with Crippen LogP contribution in [0.3, 0.4) is 0 Å². The standard InChI is InChI=1S/C17H19N3O2/c1-18-9-10-20(15-6-4-3-5-13(15)11-18)17(22)14-7-8-16(21)19(2)12-14/h3-8,12H,9-11H2,1-2H3. The number of benzene rings is 1. The van der Waals surface area contributed by atoms with Gasteiger partial charge in [0.1, 0.15) is 0 Å². The van der Waals surface area contributed by atoms with Gasteiger partial charge in [-0.25, -0.2) is 0 Å². The zero-order chi connectivity index (χ0) is 15.7. The zero-order valence-corrected chi connectivity index (χ0v) is 12.8. The van der Waals surface area contributed by atoms with Gasteiger partial charge in [0.25, 0.3) is 5.91 Å². The molecule has 0 saturated heterocycles. The second kappa shape index (κ2) is 5.77. The van der Waals surface area contributed by atoms with Crippen LogP contribution in [0, 0.1) is 0 Å². The first-order valence-corrected chi connectivity index (χ1v) is 7.31. The Balaban J connectivity index is 2.01. The number of para-hydroxylation sites is 1. The summed E-state index contributed by atoms with van der Waals surface area (Å²) < 4.78 is 1.43. The second-order valence-corrected chi connectivity index (χ2v) is 5.69. The number of pyridine rings is 1. The Morgan fingerprint density at radius 2 is 1.82 bits per heavy atom. The lowest BCUT2D eigenvalue weighted by atomic mass is 10.1. The van der Waals surface area contributed by atoms with Gasteiger partial charge in [0.05, 0.1) is 5.56 Å². The van der Waals surface area contributed by atoms with Gasteiger partial charge in [0.2, 0.25) is 5.56 Å². The Morgan fingerprint density at radius 1 is 1.05 bits per heavy atom. The molecule has 5 heteroatoms. The molecule has 1 aromatic carbocycles. The molecule has 0 saturated carbocycles. The molecule has 1 aliphatic heterocycles. The van der Waals surface area contributed by atoms with Gasteiger partial charge in [-0.2, -0.15) is 0 Å². The molecule has 5 nitrogen and oxygen atoms in total. The number of hydrogen-bond acceptors (Lipinski definition) is 3. The van der Waals surface area contributed by atoms with Crippen molar-refractivity contribution in [1.82, 2.24) is 9.47 Å². The van der Waals surface area contributed by atoms with Crippen molar-refractivity contribution in [2.75, 3.05) is 25.0 Å². The van der Waals surface area contributed by atoms with Crippen molar-refractivity contribution in [1.29, 1.82) is 0 Å². The van der Waals surface area contributed by atoms with Gasteiger partial charge in [0, 0.05) is 44.6 Å². The smallest absolute Gasteiger partial charge is 0.259 e. The van der Waals surface area contributed by atoms with Crippen molar-refractivity contribution in [2.24, 2.45) is 7.05 Å². The summed E-state index contributed by atoms with van der Waals surface area (Å²) in [6, 6.07) is 11.0. The lowest BCUT2D eigenvalue weighted by Gasteiger charge is -2.22. The number of rotatable bonds is 1. The topological polar surface area (TPSA) is 45.6 Å². The molecular formula is C17H19N3O2. The van der Waals surface area contributed by atoms with Crippen molar-refractivity contribution in [3.8, 4) is 0 Å². The van der Waals surface area contributed by atoms with Gasteiger partial charge < -0.3 is 14.4 Å². The summed E-state index contributed by atoms with van der Waals surface area (Å²) >= 11 is 0. The Kier molecular flexibility index (Phi) is 3.81. The number of nitrogens with zero attached hydrogens (tertiary/aromatic N) is 3. The molecule has 1 aliphatic rings. The minimum absolute atomic E-state index is 0.0710. The van der Waals surface area contributed by atoms with Crippen LogP contribution in [0.5, 0.6) is 0 Å². The first kappa shape index (κ1) is 14.5. The average molecular weight is 297 g/mol. The maximum atomic E-state index is 12.9. The van der Waals surface area contributed by atoms with Crippen molar-refractivity contribution in [2.45, 2.75) is 6.54 Å². The molecule has 0 N–H and O–H groups in total. The predicted octanol–water partition coefficient (Wildman–Crippen LogP) is 1.48.